The first-order valence-electron chi connectivity index (χ1n) is 25.4. The van der Waals surface area contributed by atoms with Gasteiger partial charge in [0.05, 0.1) is 38.6 Å². The smallest absolute Gasteiger partial charge is 0.220 e. The Morgan fingerprint density at radius 3 is 1.46 bits per heavy atom. The molecule has 0 bridgehead atoms. The second-order valence-corrected chi connectivity index (χ2v) is 18.6. The van der Waals surface area contributed by atoms with Crippen LogP contribution in [-0.2, 0) is 33.2 Å². The molecule has 17 atom stereocenters. The summed E-state index contributed by atoms with van der Waals surface area (Å²) >= 11 is 0. The molecule has 394 valence electrons. The van der Waals surface area contributed by atoms with E-state index < -0.39 is 124 Å². The van der Waals surface area contributed by atoms with Crippen molar-refractivity contribution >= 4 is 5.91 Å². The summed E-state index contributed by atoms with van der Waals surface area (Å²) in [5.41, 5.74) is 0. The Bertz CT molecular complexity index is 1300. The molecule has 67 heavy (non-hydrogen) atoms. The number of aliphatic hydroxyl groups is 11. The number of allylic oxidation sites excluding steroid dienone is 2. The molecule has 3 aliphatic heterocycles. The van der Waals surface area contributed by atoms with Gasteiger partial charge in [0.2, 0.25) is 5.91 Å². The van der Waals surface area contributed by atoms with Crippen molar-refractivity contribution in [2.75, 3.05) is 26.4 Å². The molecule has 3 rings (SSSR count). The average Bonchev–Trinajstić information content (AvgIpc) is 3.32. The van der Waals surface area contributed by atoms with Gasteiger partial charge in [-0.1, -0.05) is 122 Å². The van der Waals surface area contributed by atoms with Crippen LogP contribution in [0.15, 0.2) is 12.2 Å². The Labute approximate surface area is 397 Å². The van der Waals surface area contributed by atoms with Crippen LogP contribution in [0.1, 0.15) is 155 Å². The summed E-state index contributed by atoms with van der Waals surface area (Å²) in [5.74, 6) is -0.257. The van der Waals surface area contributed by atoms with Crippen LogP contribution in [-0.4, -0.2) is 193 Å². The van der Waals surface area contributed by atoms with E-state index in [1.54, 1.807) is 0 Å². The average molecular weight is 968 g/mol. The molecule has 12 N–H and O–H groups in total. The van der Waals surface area contributed by atoms with E-state index in [0.717, 1.165) is 64.2 Å². The van der Waals surface area contributed by atoms with E-state index in [1.807, 2.05) is 0 Å². The van der Waals surface area contributed by atoms with Gasteiger partial charge in [0.1, 0.15) is 73.2 Å². The third kappa shape index (κ3) is 20.3. The lowest BCUT2D eigenvalue weighted by molar-refractivity contribution is -0.379. The summed E-state index contributed by atoms with van der Waals surface area (Å²) < 4.78 is 34.1. The van der Waals surface area contributed by atoms with Gasteiger partial charge in [0.25, 0.3) is 0 Å². The van der Waals surface area contributed by atoms with Gasteiger partial charge in [-0.25, -0.2) is 0 Å². The second-order valence-electron chi connectivity index (χ2n) is 18.6. The summed E-state index contributed by atoms with van der Waals surface area (Å²) in [6.07, 6.45) is 0.518. The van der Waals surface area contributed by atoms with Crippen LogP contribution in [0.2, 0.25) is 0 Å². The van der Waals surface area contributed by atoms with Crippen LogP contribution in [0.4, 0.5) is 0 Å². The van der Waals surface area contributed by atoms with E-state index in [4.69, 9.17) is 28.4 Å². The Hall–Kier alpha value is -1.47. The molecule has 1 amide bonds. The molecule has 0 aromatic rings. The molecule has 3 saturated heterocycles. The molecule has 0 aromatic heterocycles. The predicted molar refractivity (Wildman–Crippen MR) is 245 cm³/mol. The van der Waals surface area contributed by atoms with Crippen molar-refractivity contribution in [3.8, 4) is 0 Å². The van der Waals surface area contributed by atoms with Crippen LogP contribution in [0, 0.1) is 0 Å². The van der Waals surface area contributed by atoms with Gasteiger partial charge in [-0.2, -0.15) is 0 Å². The van der Waals surface area contributed by atoms with E-state index in [-0.39, 0.29) is 18.9 Å². The summed E-state index contributed by atoms with van der Waals surface area (Å²) in [4.78, 5) is 13.2. The van der Waals surface area contributed by atoms with Crippen LogP contribution < -0.4 is 5.32 Å². The van der Waals surface area contributed by atoms with Crippen molar-refractivity contribution in [2.24, 2.45) is 0 Å². The number of aliphatic hydroxyl groups excluding tert-OH is 11. The minimum atomic E-state index is -1.97. The van der Waals surface area contributed by atoms with Gasteiger partial charge in [-0.15, -0.1) is 0 Å². The molecule has 19 nitrogen and oxygen atoms in total. The van der Waals surface area contributed by atoms with Crippen molar-refractivity contribution in [2.45, 2.75) is 259 Å². The summed E-state index contributed by atoms with van der Waals surface area (Å²) in [6.45, 7) is 1.69. The SMILES string of the molecule is CCCCCC/C=C\CCCCCCCC(=O)NC(COC1OC(CO)C(OC2OC(CO)C(OC3OC(CO)C(O)C(O)C3O)C(O)C2O)C(O)C1O)C(O)CCCCCCCCCCC. The maximum absolute atomic E-state index is 13.2. The van der Waals surface area contributed by atoms with E-state index >= 15 is 0 Å². The van der Waals surface area contributed by atoms with Gasteiger partial charge in [0, 0.05) is 6.42 Å². The second kappa shape index (κ2) is 34.0. The molecule has 19 heteroatoms. The molecular formula is C48H89NO18. The maximum Gasteiger partial charge on any atom is 0.220 e. The highest BCUT2D eigenvalue weighted by molar-refractivity contribution is 5.76. The topological polar surface area (TPSA) is 307 Å². The zero-order chi connectivity index (χ0) is 49.1. The number of ether oxygens (including phenoxy) is 6. The summed E-state index contributed by atoms with van der Waals surface area (Å²) in [6, 6.07) is -0.884. The monoisotopic (exact) mass is 968 g/mol. The van der Waals surface area contributed by atoms with Gasteiger partial charge in [0.15, 0.2) is 18.9 Å². The number of rotatable bonds is 35. The molecule has 0 aromatic carbocycles. The van der Waals surface area contributed by atoms with Crippen LogP contribution in [0.25, 0.3) is 0 Å². The summed E-state index contributed by atoms with van der Waals surface area (Å²) in [5, 5.41) is 119. The molecule has 3 aliphatic rings. The van der Waals surface area contributed by atoms with Crippen LogP contribution in [0.3, 0.4) is 0 Å². The van der Waals surface area contributed by atoms with Crippen molar-refractivity contribution in [3.63, 3.8) is 0 Å². The number of carbonyl (C=O) groups excluding carboxylic acids is 1. The first-order chi connectivity index (χ1) is 32.3. The predicted octanol–water partition coefficient (Wildman–Crippen LogP) is 1.48. The lowest BCUT2D eigenvalue weighted by Gasteiger charge is -2.48. The first-order valence-corrected chi connectivity index (χ1v) is 25.4. The minimum Gasteiger partial charge on any atom is -0.394 e. The molecular weight excluding hydrogens is 879 g/mol. The Balaban J connectivity index is 1.56. The highest BCUT2D eigenvalue weighted by Gasteiger charge is 2.53. The number of carbonyl (C=O) groups is 1. The molecule has 0 radical (unpaired) electrons. The van der Waals surface area contributed by atoms with E-state index in [9.17, 15) is 61.0 Å². The highest BCUT2D eigenvalue weighted by atomic mass is 16.8. The number of unbranched alkanes of at least 4 members (excludes halogenated alkanes) is 17. The Kier molecular flexibility index (Phi) is 30.4. The van der Waals surface area contributed by atoms with E-state index in [2.05, 4.69) is 31.3 Å². The molecule has 0 aliphatic carbocycles. The Morgan fingerprint density at radius 2 is 0.940 bits per heavy atom. The number of amides is 1. The van der Waals surface area contributed by atoms with Crippen molar-refractivity contribution in [3.05, 3.63) is 12.2 Å². The minimum absolute atomic E-state index is 0.257. The molecule has 3 fully saturated rings. The largest absolute Gasteiger partial charge is 0.394 e. The zero-order valence-electron chi connectivity index (χ0n) is 40.1. The van der Waals surface area contributed by atoms with Crippen LogP contribution in [0.5, 0.6) is 0 Å². The quantitative estimate of drug-likeness (QED) is 0.0316. The fourth-order valence-electron chi connectivity index (χ4n) is 8.78. The highest BCUT2D eigenvalue weighted by Crippen LogP contribution is 2.33. The fourth-order valence-corrected chi connectivity index (χ4v) is 8.78. The number of hydrogen-bond donors (Lipinski definition) is 12. The lowest BCUT2D eigenvalue weighted by atomic mass is 9.96. The maximum atomic E-state index is 13.2. The zero-order valence-corrected chi connectivity index (χ0v) is 40.1. The molecule has 17 unspecified atom stereocenters. The number of hydrogen-bond acceptors (Lipinski definition) is 18. The van der Waals surface area contributed by atoms with E-state index in [0.29, 0.717) is 12.8 Å². The molecule has 0 saturated carbocycles. The van der Waals surface area contributed by atoms with Crippen LogP contribution >= 0.6 is 0 Å². The third-order valence-corrected chi connectivity index (χ3v) is 13.1. The fraction of sp³-hybridized carbons (Fsp3) is 0.938. The number of nitrogens with one attached hydrogen (secondary N) is 1. The van der Waals surface area contributed by atoms with Crippen molar-refractivity contribution in [1.82, 2.24) is 5.32 Å². The van der Waals surface area contributed by atoms with Gasteiger partial charge >= 0.3 is 0 Å². The van der Waals surface area contributed by atoms with Gasteiger partial charge in [-0.05, 0) is 38.5 Å². The summed E-state index contributed by atoms with van der Waals surface area (Å²) in [7, 11) is 0. The normalized spacial score (nSPS) is 33.5. The first kappa shape index (κ1) is 59.8. The standard InChI is InChI=1S/C48H89NO18/c1-3-5-7-9-11-13-14-15-16-18-20-22-24-26-36(54)49-31(32(53)25-23-21-19-17-12-10-8-6-4-2)30-62-46-42(60)39(57)44(34(28-51)64-46)67-48-43(61)40(58)45(35(29-52)65-48)66-47-41(59)38(56)37(55)33(27-50)63-47/h13-14,31-35,37-48,50-53,55-61H,3-12,15-30H2,1-2H3,(H,49,54)/b14-13-. The third-order valence-electron chi connectivity index (χ3n) is 13.1. The molecule has 0 spiro atoms. The lowest BCUT2D eigenvalue weighted by Crippen LogP contribution is -2.66. The van der Waals surface area contributed by atoms with Gasteiger partial charge in [-0.3, -0.25) is 4.79 Å². The van der Waals surface area contributed by atoms with Crippen molar-refractivity contribution in [1.29, 1.82) is 0 Å². The van der Waals surface area contributed by atoms with E-state index in [1.165, 1.54) is 57.8 Å². The van der Waals surface area contributed by atoms with Gasteiger partial charge < -0.3 is 89.9 Å². The molecule has 3 heterocycles. The van der Waals surface area contributed by atoms with Crippen molar-refractivity contribution < 1.29 is 89.4 Å². The Morgan fingerprint density at radius 1 is 0.522 bits per heavy atom.